The van der Waals surface area contributed by atoms with Crippen LogP contribution in [0.25, 0.3) is 0 Å². The van der Waals surface area contributed by atoms with Crippen molar-refractivity contribution in [3.8, 4) is 0 Å². The van der Waals surface area contributed by atoms with Crippen LogP contribution < -0.4 is 5.56 Å². The van der Waals surface area contributed by atoms with Crippen LogP contribution in [0.4, 0.5) is 0 Å². The number of likely N-dealkylation sites (tertiary alicyclic amines) is 1. The maximum absolute atomic E-state index is 12.9. The lowest BCUT2D eigenvalue weighted by molar-refractivity contribution is -0.134. The van der Waals surface area contributed by atoms with Crippen molar-refractivity contribution in [1.82, 2.24) is 19.9 Å². The van der Waals surface area contributed by atoms with E-state index in [2.05, 4.69) is 15.0 Å². The molecule has 0 unspecified atom stereocenters. The lowest BCUT2D eigenvalue weighted by Gasteiger charge is -2.36. The SMILES string of the molecule is Cc1nc(C)c(CC(=O)N2CCCC[C@@H]2CCc2ccccn2)c(=O)[nH]1. The van der Waals surface area contributed by atoms with Gasteiger partial charge in [-0.05, 0) is 58.1 Å². The van der Waals surface area contributed by atoms with E-state index in [9.17, 15) is 9.59 Å². The number of aromatic amines is 1. The molecule has 3 heterocycles. The first-order chi connectivity index (χ1) is 12.5. The van der Waals surface area contributed by atoms with Gasteiger partial charge in [0.2, 0.25) is 5.91 Å². The summed E-state index contributed by atoms with van der Waals surface area (Å²) in [6, 6.07) is 6.15. The fourth-order valence-electron chi connectivity index (χ4n) is 3.70. The first-order valence-corrected chi connectivity index (χ1v) is 9.30. The number of pyridine rings is 1. The van der Waals surface area contributed by atoms with E-state index in [1.807, 2.05) is 23.1 Å². The molecule has 1 amide bonds. The Morgan fingerprint density at radius 1 is 1.31 bits per heavy atom. The molecule has 0 aromatic carbocycles. The van der Waals surface area contributed by atoms with Crippen LogP contribution in [0, 0.1) is 13.8 Å². The van der Waals surface area contributed by atoms with E-state index in [-0.39, 0.29) is 23.9 Å². The van der Waals surface area contributed by atoms with Gasteiger partial charge < -0.3 is 9.88 Å². The maximum Gasteiger partial charge on any atom is 0.254 e. The Hall–Kier alpha value is -2.50. The molecule has 2 aromatic rings. The zero-order valence-corrected chi connectivity index (χ0v) is 15.5. The number of hydrogen-bond acceptors (Lipinski definition) is 4. The van der Waals surface area contributed by atoms with Gasteiger partial charge in [-0.3, -0.25) is 14.6 Å². The quantitative estimate of drug-likeness (QED) is 0.894. The number of hydrogen-bond donors (Lipinski definition) is 1. The van der Waals surface area contributed by atoms with Gasteiger partial charge in [0.1, 0.15) is 5.82 Å². The molecule has 1 fully saturated rings. The third kappa shape index (κ3) is 4.36. The Morgan fingerprint density at radius 3 is 2.88 bits per heavy atom. The van der Waals surface area contributed by atoms with E-state index in [4.69, 9.17) is 0 Å². The summed E-state index contributed by atoms with van der Waals surface area (Å²) in [6.07, 6.45) is 6.87. The monoisotopic (exact) mass is 354 g/mol. The van der Waals surface area contributed by atoms with Gasteiger partial charge >= 0.3 is 0 Å². The number of aryl methyl sites for hydroxylation is 3. The van der Waals surface area contributed by atoms with E-state index in [0.717, 1.165) is 44.3 Å². The van der Waals surface area contributed by atoms with Gasteiger partial charge in [-0.2, -0.15) is 0 Å². The van der Waals surface area contributed by atoms with Gasteiger partial charge in [-0.1, -0.05) is 6.07 Å². The van der Waals surface area contributed by atoms with Crippen molar-refractivity contribution in [3.05, 3.63) is 57.5 Å². The van der Waals surface area contributed by atoms with Crippen molar-refractivity contribution in [3.63, 3.8) is 0 Å². The number of amides is 1. The summed E-state index contributed by atoms with van der Waals surface area (Å²) in [4.78, 5) is 38.4. The normalized spacial score (nSPS) is 17.3. The van der Waals surface area contributed by atoms with Gasteiger partial charge in [0.15, 0.2) is 0 Å². The number of piperidine rings is 1. The van der Waals surface area contributed by atoms with Crippen LogP contribution in [-0.4, -0.2) is 38.3 Å². The highest BCUT2D eigenvalue weighted by Gasteiger charge is 2.27. The van der Waals surface area contributed by atoms with Crippen molar-refractivity contribution in [1.29, 1.82) is 0 Å². The highest BCUT2D eigenvalue weighted by atomic mass is 16.2. The number of carbonyl (C=O) groups excluding carboxylic acids is 1. The molecule has 1 aliphatic rings. The maximum atomic E-state index is 12.9. The minimum absolute atomic E-state index is 0.0231. The van der Waals surface area contributed by atoms with Crippen molar-refractivity contribution >= 4 is 5.91 Å². The smallest absolute Gasteiger partial charge is 0.254 e. The molecule has 1 aliphatic heterocycles. The molecule has 0 aliphatic carbocycles. The average Bonchev–Trinajstić information content (AvgIpc) is 2.64. The molecule has 1 N–H and O–H groups in total. The van der Waals surface area contributed by atoms with Crippen LogP contribution in [-0.2, 0) is 17.6 Å². The first kappa shape index (κ1) is 18.3. The predicted octanol–water partition coefficient (Wildman–Crippen LogP) is 2.34. The van der Waals surface area contributed by atoms with Crippen molar-refractivity contribution in [2.45, 2.75) is 58.4 Å². The molecule has 6 heteroatoms. The second-order valence-corrected chi connectivity index (χ2v) is 6.99. The highest BCUT2D eigenvalue weighted by Crippen LogP contribution is 2.22. The summed E-state index contributed by atoms with van der Waals surface area (Å²) in [5, 5.41) is 0. The van der Waals surface area contributed by atoms with Gasteiger partial charge in [-0.25, -0.2) is 4.98 Å². The fourth-order valence-corrected chi connectivity index (χ4v) is 3.70. The van der Waals surface area contributed by atoms with E-state index in [1.165, 1.54) is 0 Å². The van der Waals surface area contributed by atoms with Gasteiger partial charge in [-0.15, -0.1) is 0 Å². The summed E-state index contributed by atoms with van der Waals surface area (Å²) in [5.41, 5.74) is 1.97. The molecular formula is C20H26N4O2. The molecule has 1 atom stereocenters. The fraction of sp³-hybridized carbons (Fsp3) is 0.500. The minimum Gasteiger partial charge on any atom is -0.339 e. The number of H-pyrrole nitrogens is 1. The highest BCUT2D eigenvalue weighted by molar-refractivity contribution is 5.79. The van der Waals surface area contributed by atoms with Crippen molar-refractivity contribution in [2.75, 3.05) is 6.54 Å². The molecule has 0 saturated carbocycles. The Morgan fingerprint density at radius 2 is 2.15 bits per heavy atom. The largest absolute Gasteiger partial charge is 0.339 e. The molecule has 1 saturated heterocycles. The number of rotatable bonds is 5. The van der Waals surface area contributed by atoms with E-state index in [1.54, 1.807) is 20.0 Å². The van der Waals surface area contributed by atoms with Gasteiger partial charge in [0.05, 0.1) is 6.42 Å². The average molecular weight is 354 g/mol. The molecule has 138 valence electrons. The second kappa shape index (κ2) is 8.25. The van der Waals surface area contributed by atoms with Gasteiger partial charge in [0.25, 0.3) is 5.56 Å². The second-order valence-electron chi connectivity index (χ2n) is 6.99. The molecular weight excluding hydrogens is 328 g/mol. The summed E-state index contributed by atoms with van der Waals surface area (Å²) in [5.74, 6) is 0.602. The van der Waals surface area contributed by atoms with E-state index < -0.39 is 0 Å². The lowest BCUT2D eigenvalue weighted by Crippen LogP contribution is -2.45. The number of carbonyl (C=O) groups is 1. The van der Waals surface area contributed by atoms with Crippen LogP contribution in [0.15, 0.2) is 29.2 Å². The van der Waals surface area contributed by atoms with Crippen LogP contribution >= 0.6 is 0 Å². The Labute approximate surface area is 153 Å². The molecule has 26 heavy (non-hydrogen) atoms. The van der Waals surface area contributed by atoms with Crippen molar-refractivity contribution < 1.29 is 4.79 Å². The number of nitrogens with zero attached hydrogens (tertiary/aromatic N) is 3. The third-order valence-electron chi connectivity index (χ3n) is 5.08. The molecule has 0 radical (unpaired) electrons. The van der Waals surface area contributed by atoms with Crippen molar-refractivity contribution in [2.24, 2.45) is 0 Å². The van der Waals surface area contributed by atoms with E-state index in [0.29, 0.717) is 17.1 Å². The van der Waals surface area contributed by atoms with E-state index >= 15 is 0 Å². The number of nitrogens with one attached hydrogen (secondary N) is 1. The predicted molar refractivity (Wildman–Crippen MR) is 99.9 cm³/mol. The molecule has 0 bridgehead atoms. The zero-order valence-electron chi connectivity index (χ0n) is 15.5. The van der Waals surface area contributed by atoms with Crippen LogP contribution in [0.2, 0.25) is 0 Å². The third-order valence-corrected chi connectivity index (χ3v) is 5.08. The molecule has 2 aromatic heterocycles. The first-order valence-electron chi connectivity index (χ1n) is 9.30. The Kier molecular flexibility index (Phi) is 5.81. The Bertz CT molecular complexity index is 816. The van der Waals surface area contributed by atoms with Crippen LogP contribution in [0.3, 0.4) is 0 Å². The van der Waals surface area contributed by atoms with Crippen LogP contribution in [0.1, 0.15) is 48.5 Å². The topological polar surface area (TPSA) is 79.0 Å². The molecule has 3 rings (SSSR count). The molecule has 0 spiro atoms. The molecule has 6 nitrogen and oxygen atoms in total. The number of aromatic nitrogens is 3. The summed E-state index contributed by atoms with van der Waals surface area (Å²) in [7, 11) is 0. The standard InChI is InChI=1S/C20H26N4O2/c1-14-18(20(26)23-15(2)22-14)13-19(25)24-12-6-4-8-17(24)10-9-16-7-3-5-11-21-16/h3,5,7,11,17H,4,6,8-10,12-13H2,1-2H3,(H,22,23,26)/t17-/m1/s1. The van der Waals surface area contributed by atoms with Gasteiger partial charge in [0, 0.05) is 35.7 Å². The summed E-state index contributed by atoms with van der Waals surface area (Å²) < 4.78 is 0. The summed E-state index contributed by atoms with van der Waals surface area (Å²) >= 11 is 0. The lowest BCUT2D eigenvalue weighted by atomic mass is 9.96. The summed E-state index contributed by atoms with van der Waals surface area (Å²) in [6.45, 7) is 4.31. The zero-order chi connectivity index (χ0) is 18.5. The Balaban J connectivity index is 1.69. The minimum atomic E-state index is -0.203. The van der Waals surface area contributed by atoms with Crippen LogP contribution in [0.5, 0.6) is 0 Å².